The molecule has 0 radical (unpaired) electrons. The number of urea groups is 1. The van der Waals surface area contributed by atoms with Crippen molar-refractivity contribution in [2.24, 2.45) is 0 Å². The Bertz CT molecular complexity index is 612. The number of hydrogen-bond acceptors (Lipinski definition) is 4. The van der Waals surface area contributed by atoms with E-state index in [0.717, 1.165) is 23.9 Å². The molecule has 2 rings (SSSR count). The van der Waals surface area contributed by atoms with Crippen LogP contribution in [0.4, 0.5) is 18.7 Å². The number of halogens is 2. The van der Waals surface area contributed by atoms with Crippen LogP contribution >= 0.6 is 11.3 Å². The second kappa shape index (κ2) is 7.09. The summed E-state index contributed by atoms with van der Waals surface area (Å²) in [6.07, 6.45) is 0. The van der Waals surface area contributed by atoms with Crippen LogP contribution in [0.15, 0.2) is 23.6 Å². The summed E-state index contributed by atoms with van der Waals surface area (Å²) in [7, 11) is 1.80. The van der Waals surface area contributed by atoms with Gasteiger partial charge in [0.1, 0.15) is 11.6 Å². The minimum Gasteiger partial charge on any atom is -0.334 e. The molecule has 0 atom stereocenters. The molecule has 0 aliphatic heterocycles. The van der Waals surface area contributed by atoms with Gasteiger partial charge in [-0.2, -0.15) is 0 Å². The molecule has 0 aliphatic rings. The van der Waals surface area contributed by atoms with Crippen LogP contribution in [-0.4, -0.2) is 18.1 Å². The van der Waals surface area contributed by atoms with E-state index in [-0.39, 0.29) is 6.54 Å². The van der Waals surface area contributed by atoms with Gasteiger partial charge in [-0.25, -0.2) is 18.6 Å². The highest BCUT2D eigenvalue weighted by atomic mass is 32.1. The topological polar surface area (TPSA) is 66.0 Å². The number of thiazole rings is 1. The van der Waals surface area contributed by atoms with Gasteiger partial charge in [0.25, 0.3) is 0 Å². The second-order valence-corrected chi connectivity index (χ2v) is 5.12. The number of carbonyl (C=O) groups excluding carboxylic acids is 1. The van der Waals surface area contributed by atoms with Crippen molar-refractivity contribution in [1.29, 1.82) is 0 Å². The molecule has 2 amide bonds. The van der Waals surface area contributed by atoms with Gasteiger partial charge in [-0.05, 0) is 24.7 Å². The largest absolute Gasteiger partial charge is 0.334 e. The maximum atomic E-state index is 13.0. The lowest BCUT2D eigenvalue weighted by atomic mass is 10.2. The van der Waals surface area contributed by atoms with Crippen molar-refractivity contribution in [2.45, 2.75) is 13.1 Å². The summed E-state index contributed by atoms with van der Waals surface area (Å²) in [5.41, 5.74) is 1.17. The molecule has 21 heavy (non-hydrogen) atoms. The van der Waals surface area contributed by atoms with E-state index in [9.17, 15) is 13.6 Å². The van der Waals surface area contributed by atoms with Crippen molar-refractivity contribution in [2.75, 3.05) is 12.4 Å². The molecule has 1 aromatic carbocycles. The average Bonchev–Trinajstić information content (AvgIpc) is 2.83. The molecule has 1 heterocycles. The molecular weight excluding hydrogens is 298 g/mol. The Balaban J connectivity index is 1.86. The Morgan fingerprint density at radius 1 is 1.24 bits per heavy atom. The van der Waals surface area contributed by atoms with Crippen LogP contribution in [0.25, 0.3) is 0 Å². The van der Waals surface area contributed by atoms with Gasteiger partial charge in [-0.1, -0.05) is 0 Å². The number of rotatable bonds is 5. The molecule has 0 fully saturated rings. The number of benzene rings is 1. The molecule has 5 nitrogen and oxygen atoms in total. The maximum absolute atomic E-state index is 13.0. The quantitative estimate of drug-likeness (QED) is 0.794. The number of nitrogens with one attached hydrogen (secondary N) is 3. The molecule has 3 N–H and O–H groups in total. The number of carbonyl (C=O) groups is 1. The molecular formula is C13H14F2N4OS. The molecule has 112 valence electrons. The van der Waals surface area contributed by atoms with Crippen LogP contribution in [0.2, 0.25) is 0 Å². The molecule has 0 saturated carbocycles. The first-order chi connectivity index (χ1) is 10.1. The van der Waals surface area contributed by atoms with Crippen molar-refractivity contribution in [3.63, 3.8) is 0 Å². The van der Waals surface area contributed by atoms with Gasteiger partial charge < -0.3 is 10.6 Å². The van der Waals surface area contributed by atoms with Crippen LogP contribution in [0, 0.1) is 11.6 Å². The number of hydrogen-bond donors (Lipinski definition) is 3. The van der Waals surface area contributed by atoms with Crippen LogP contribution in [-0.2, 0) is 13.1 Å². The number of anilines is 1. The molecule has 1 aromatic heterocycles. The molecule has 0 aliphatic carbocycles. The summed E-state index contributed by atoms with van der Waals surface area (Å²) in [5, 5.41) is 10.3. The summed E-state index contributed by atoms with van der Waals surface area (Å²) < 4.78 is 26.0. The van der Waals surface area contributed by atoms with Gasteiger partial charge in [-0.15, -0.1) is 11.3 Å². The highest BCUT2D eigenvalue weighted by molar-refractivity contribution is 7.13. The third-order valence-corrected chi connectivity index (χ3v) is 3.31. The van der Waals surface area contributed by atoms with E-state index < -0.39 is 17.7 Å². The average molecular weight is 312 g/mol. The third kappa shape index (κ3) is 4.76. The van der Waals surface area contributed by atoms with E-state index in [1.807, 2.05) is 5.38 Å². The van der Waals surface area contributed by atoms with E-state index >= 15 is 0 Å². The zero-order valence-corrected chi connectivity index (χ0v) is 12.1. The maximum Gasteiger partial charge on any atom is 0.321 e. The van der Waals surface area contributed by atoms with Crippen LogP contribution < -0.4 is 16.0 Å². The van der Waals surface area contributed by atoms with Crippen molar-refractivity contribution < 1.29 is 13.6 Å². The molecule has 0 unspecified atom stereocenters. The normalized spacial score (nSPS) is 10.4. The Morgan fingerprint density at radius 3 is 2.62 bits per heavy atom. The number of nitrogens with zero attached hydrogens (tertiary/aromatic N) is 1. The van der Waals surface area contributed by atoms with E-state index in [1.165, 1.54) is 11.3 Å². The molecule has 2 aromatic rings. The van der Waals surface area contributed by atoms with E-state index in [4.69, 9.17) is 0 Å². The van der Waals surface area contributed by atoms with Gasteiger partial charge in [-0.3, -0.25) is 5.32 Å². The summed E-state index contributed by atoms with van der Waals surface area (Å²) in [6, 6.07) is 2.63. The third-order valence-electron chi connectivity index (χ3n) is 2.51. The lowest BCUT2D eigenvalue weighted by molar-refractivity contribution is 0.251. The summed E-state index contributed by atoms with van der Waals surface area (Å²) in [6.45, 7) is 0.637. The first-order valence-electron chi connectivity index (χ1n) is 6.15. The lowest BCUT2D eigenvalue weighted by Crippen LogP contribution is -2.28. The van der Waals surface area contributed by atoms with Gasteiger partial charge in [0.15, 0.2) is 5.13 Å². The number of amides is 2. The van der Waals surface area contributed by atoms with Gasteiger partial charge in [0.05, 0.1) is 5.69 Å². The minimum absolute atomic E-state index is 0.0231. The summed E-state index contributed by atoms with van der Waals surface area (Å²) in [4.78, 5) is 15.9. The zero-order chi connectivity index (χ0) is 15.2. The summed E-state index contributed by atoms with van der Waals surface area (Å²) >= 11 is 1.30. The first-order valence-corrected chi connectivity index (χ1v) is 7.03. The SMILES string of the molecule is CNCc1csc(NC(=O)NCc2cc(F)cc(F)c2)n1. The Labute approximate surface area is 124 Å². The van der Waals surface area contributed by atoms with E-state index in [2.05, 4.69) is 20.9 Å². The Hall–Kier alpha value is -2.06. The standard InChI is InChI=1S/C13H14F2N4OS/c1-16-6-11-7-21-13(18-11)19-12(20)17-5-8-2-9(14)4-10(15)3-8/h2-4,7,16H,5-6H2,1H3,(H2,17,18,19,20). The number of aromatic nitrogens is 1. The monoisotopic (exact) mass is 312 g/mol. The van der Waals surface area contributed by atoms with E-state index in [0.29, 0.717) is 17.2 Å². The molecule has 8 heteroatoms. The lowest BCUT2D eigenvalue weighted by Gasteiger charge is -2.06. The van der Waals surface area contributed by atoms with Gasteiger partial charge in [0, 0.05) is 24.5 Å². The second-order valence-electron chi connectivity index (χ2n) is 4.26. The minimum atomic E-state index is -0.677. The fraction of sp³-hybridized carbons (Fsp3) is 0.231. The van der Waals surface area contributed by atoms with Crippen molar-refractivity contribution >= 4 is 22.5 Å². The zero-order valence-electron chi connectivity index (χ0n) is 11.2. The van der Waals surface area contributed by atoms with Crippen LogP contribution in [0.3, 0.4) is 0 Å². The van der Waals surface area contributed by atoms with Gasteiger partial charge >= 0.3 is 6.03 Å². The van der Waals surface area contributed by atoms with E-state index in [1.54, 1.807) is 7.05 Å². The predicted octanol–water partition coefficient (Wildman–Crippen LogP) is 2.46. The first kappa shape index (κ1) is 15.3. The van der Waals surface area contributed by atoms with Gasteiger partial charge in [0.2, 0.25) is 0 Å². The smallest absolute Gasteiger partial charge is 0.321 e. The molecule has 0 bridgehead atoms. The van der Waals surface area contributed by atoms with Crippen LogP contribution in [0.1, 0.15) is 11.3 Å². The van der Waals surface area contributed by atoms with Crippen LogP contribution in [0.5, 0.6) is 0 Å². The highest BCUT2D eigenvalue weighted by Crippen LogP contribution is 2.15. The van der Waals surface area contributed by atoms with Crippen molar-refractivity contribution in [3.05, 3.63) is 46.5 Å². The molecule has 0 spiro atoms. The van der Waals surface area contributed by atoms with Crippen molar-refractivity contribution in [3.8, 4) is 0 Å². The fourth-order valence-corrected chi connectivity index (χ4v) is 2.37. The van der Waals surface area contributed by atoms with Crippen molar-refractivity contribution in [1.82, 2.24) is 15.6 Å². The predicted molar refractivity (Wildman–Crippen MR) is 77.1 cm³/mol. The Morgan fingerprint density at radius 2 is 1.95 bits per heavy atom. The molecule has 0 saturated heterocycles. The Kier molecular flexibility index (Phi) is 5.18. The highest BCUT2D eigenvalue weighted by Gasteiger charge is 2.07. The summed E-state index contributed by atoms with van der Waals surface area (Å²) in [5.74, 6) is -1.35. The fourth-order valence-electron chi connectivity index (χ4n) is 1.66.